The highest BCUT2D eigenvalue weighted by Crippen LogP contribution is 2.40. The van der Waals surface area contributed by atoms with Crippen LogP contribution in [-0.2, 0) is 12.8 Å². The van der Waals surface area contributed by atoms with Gasteiger partial charge in [0.2, 0.25) is 0 Å². The lowest BCUT2D eigenvalue weighted by Crippen LogP contribution is -2.27. The Balaban J connectivity index is 1.50. The predicted molar refractivity (Wildman–Crippen MR) is 129 cm³/mol. The number of hydrogen-bond acceptors (Lipinski definition) is 4. The van der Waals surface area contributed by atoms with E-state index in [2.05, 4.69) is 33.6 Å². The Morgan fingerprint density at radius 3 is 2.74 bits per heavy atom. The van der Waals surface area contributed by atoms with Crippen LogP contribution in [-0.4, -0.2) is 22.9 Å². The maximum Gasteiger partial charge on any atom is 0.272 e. The standard InChI is InChI=1S/C24H29N3O2S2/c1-2-12-25-23(29)21-16-9-5-6-10-19(16)31-24(21)26-22(28)18-14-20-17(11-13-30-20)27(18)15-7-3-4-8-15/h11,13-15H,2-10,12H2,1H3,(H,25,29)(H,26,28). The van der Waals surface area contributed by atoms with E-state index in [4.69, 9.17) is 0 Å². The lowest BCUT2D eigenvalue weighted by atomic mass is 9.95. The fraction of sp³-hybridized carbons (Fsp3) is 0.500. The molecule has 0 spiro atoms. The van der Waals surface area contributed by atoms with Gasteiger partial charge >= 0.3 is 0 Å². The van der Waals surface area contributed by atoms with Crippen molar-refractivity contribution in [3.05, 3.63) is 39.2 Å². The van der Waals surface area contributed by atoms with Crippen LogP contribution in [0.4, 0.5) is 5.00 Å². The van der Waals surface area contributed by atoms with E-state index < -0.39 is 0 Å². The Kier molecular flexibility index (Phi) is 5.89. The van der Waals surface area contributed by atoms with Gasteiger partial charge in [-0.1, -0.05) is 19.8 Å². The number of aryl methyl sites for hydroxylation is 1. The number of carbonyl (C=O) groups excluding carboxylic acids is 2. The smallest absolute Gasteiger partial charge is 0.272 e. The van der Waals surface area contributed by atoms with Gasteiger partial charge in [-0.3, -0.25) is 9.59 Å². The summed E-state index contributed by atoms with van der Waals surface area (Å²) < 4.78 is 3.40. The molecule has 0 radical (unpaired) electrons. The van der Waals surface area contributed by atoms with Crippen LogP contribution in [0.5, 0.6) is 0 Å². The molecule has 2 amide bonds. The predicted octanol–water partition coefficient (Wildman–Crippen LogP) is 6.15. The zero-order valence-electron chi connectivity index (χ0n) is 18.0. The number of anilines is 1. The molecule has 1 fully saturated rings. The number of carbonyl (C=O) groups is 2. The van der Waals surface area contributed by atoms with Crippen molar-refractivity contribution in [2.45, 2.75) is 70.8 Å². The first-order valence-corrected chi connectivity index (χ1v) is 13.2. The van der Waals surface area contributed by atoms with Crippen LogP contribution in [0.25, 0.3) is 10.2 Å². The van der Waals surface area contributed by atoms with Crippen molar-refractivity contribution in [1.82, 2.24) is 9.88 Å². The third-order valence-electron chi connectivity index (χ3n) is 6.54. The average molecular weight is 456 g/mol. The molecule has 3 heterocycles. The highest BCUT2D eigenvalue weighted by molar-refractivity contribution is 7.17. The first-order chi connectivity index (χ1) is 15.2. The monoisotopic (exact) mass is 455 g/mol. The van der Waals surface area contributed by atoms with Gasteiger partial charge in [0.05, 0.1) is 15.8 Å². The minimum atomic E-state index is -0.0987. The maximum atomic E-state index is 13.5. The summed E-state index contributed by atoms with van der Waals surface area (Å²) in [6, 6.07) is 4.54. The molecule has 2 N–H and O–H groups in total. The first-order valence-electron chi connectivity index (χ1n) is 11.5. The molecule has 3 aromatic rings. The average Bonchev–Trinajstić information content (AvgIpc) is 3.54. The zero-order chi connectivity index (χ0) is 21.4. The third-order valence-corrected chi connectivity index (χ3v) is 8.60. The van der Waals surface area contributed by atoms with Gasteiger partial charge < -0.3 is 15.2 Å². The molecule has 0 bridgehead atoms. The molecule has 5 nitrogen and oxygen atoms in total. The van der Waals surface area contributed by atoms with Crippen molar-refractivity contribution < 1.29 is 9.59 Å². The number of hydrogen-bond donors (Lipinski definition) is 2. The third kappa shape index (κ3) is 3.82. The largest absolute Gasteiger partial charge is 0.352 e. The summed E-state index contributed by atoms with van der Waals surface area (Å²) in [5, 5.41) is 9.00. The van der Waals surface area contributed by atoms with Crippen LogP contribution in [0.3, 0.4) is 0 Å². The molecule has 5 rings (SSSR count). The number of fused-ring (bicyclic) bond motifs is 2. The molecular formula is C24H29N3O2S2. The van der Waals surface area contributed by atoms with Gasteiger partial charge in [-0.2, -0.15) is 0 Å². The van der Waals surface area contributed by atoms with E-state index in [-0.39, 0.29) is 11.8 Å². The van der Waals surface area contributed by atoms with Crippen molar-refractivity contribution in [3.8, 4) is 0 Å². The Hall–Kier alpha value is -2.12. The minimum absolute atomic E-state index is 0.0521. The SMILES string of the molecule is CCCNC(=O)c1c(NC(=O)c2cc3sccc3n2C2CCCC2)sc2c1CCCC2. The number of nitrogens with zero attached hydrogens (tertiary/aromatic N) is 1. The molecule has 0 aliphatic heterocycles. The quantitative estimate of drug-likeness (QED) is 0.468. The molecule has 3 aromatic heterocycles. The highest BCUT2D eigenvalue weighted by Gasteiger charge is 2.29. The molecule has 31 heavy (non-hydrogen) atoms. The van der Waals surface area contributed by atoms with Gasteiger partial charge in [0.15, 0.2) is 0 Å². The van der Waals surface area contributed by atoms with Crippen LogP contribution >= 0.6 is 22.7 Å². The normalized spacial score (nSPS) is 16.5. The van der Waals surface area contributed by atoms with Crippen molar-refractivity contribution >= 4 is 49.7 Å². The second kappa shape index (κ2) is 8.79. The topological polar surface area (TPSA) is 63.1 Å². The molecule has 2 aliphatic carbocycles. The van der Waals surface area contributed by atoms with Crippen molar-refractivity contribution in [2.75, 3.05) is 11.9 Å². The highest BCUT2D eigenvalue weighted by atomic mass is 32.1. The number of rotatable bonds is 6. The Bertz CT molecular complexity index is 1120. The zero-order valence-corrected chi connectivity index (χ0v) is 19.6. The summed E-state index contributed by atoms with van der Waals surface area (Å²) in [4.78, 5) is 27.8. The van der Waals surface area contributed by atoms with E-state index in [1.54, 1.807) is 22.7 Å². The number of nitrogens with one attached hydrogen (secondary N) is 2. The molecule has 0 unspecified atom stereocenters. The summed E-state index contributed by atoms with van der Waals surface area (Å²) in [5.41, 5.74) is 3.73. The van der Waals surface area contributed by atoms with Gasteiger partial charge in [-0.15, -0.1) is 22.7 Å². The molecule has 1 saturated carbocycles. The van der Waals surface area contributed by atoms with E-state index in [0.29, 0.717) is 23.2 Å². The summed E-state index contributed by atoms with van der Waals surface area (Å²) >= 11 is 3.28. The van der Waals surface area contributed by atoms with Gasteiger partial charge in [-0.05, 0) is 68.0 Å². The fourth-order valence-electron chi connectivity index (χ4n) is 5.06. The fourth-order valence-corrected chi connectivity index (χ4v) is 7.16. The van der Waals surface area contributed by atoms with Gasteiger partial charge in [-0.25, -0.2) is 0 Å². The van der Waals surface area contributed by atoms with Crippen molar-refractivity contribution in [3.63, 3.8) is 0 Å². The van der Waals surface area contributed by atoms with E-state index >= 15 is 0 Å². The van der Waals surface area contributed by atoms with E-state index in [1.165, 1.54) is 17.7 Å². The minimum Gasteiger partial charge on any atom is -0.352 e. The number of aromatic nitrogens is 1. The van der Waals surface area contributed by atoms with Gasteiger partial charge in [0.1, 0.15) is 10.7 Å². The van der Waals surface area contributed by atoms with Crippen molar-refractivity contribution in [2.24, 2.45) is 0 Å². The van der Waals surface area contributed by atoms with Crippen LogP contribution in [0.2, 0.25) is 0 Å². The Morgan fingerprint density at radius 1 is 1.13 bits per heavy atom. The summed E-state index contributed by atoms with van der Waals surface area (Å²) in [6.07, 6.45) is 9.75. The number of amides is 2. The first kappa shape index (κ1) is 20.8. The maximum absolute atomic E-state index is 13.5. The molecule has 164 valence electrons. The van der Waals surface area contributed by atoms with Crippen LogP contribution in [0.1, 0.15) is 89.2 Å². The molecule has 7 heteroatoms. The van der Waals surface area contributed by atoms with E-state index in [0.717, 1.165) is 66.4 Å². The lowest BCUT2D eigenvalue weighted by Gasteiger charge is -2.17. The molecule has 0 atom stereocenters. The van der Waals surface area contributed by atoms with E-state index in [1.807, 2.05) is 6.07 Å². The Morgan fingerprint density at radius 2 is 1.94 bits per heavy atom. The molecule has 2 aliphatic rings. The molecular weight excluding hydrogens is 426 g/mol. The van der Waals surface area contributed by atoms with Crippen molar-refractivity contribution in [1.29, 1.82) is 0 Å². The summed E-state index contributed by atoms with van der Waals surface area (Å²) in [5.74, 6) is -0.151. The lowest BCUT2D eigenvalue weighted by molar-refractivity contribution is 0.0954. The summed E-state index contributed by atoms with van der Waals surface area (Å²) in [6.45, 7) is 2.70. The van der Waals surface area contributed by atoms with E-state index in [9.17, 15) is 9.59 Å². The molecule has 0 saturated heterocycles. The second-order valence-corrected chi connectivity index (χ2v) is 10.7. The van der Waals surface area contributed by atoms with Crippen LogP contribution < -0.4 is 10.6 Å². The van der Waals surface area contributed by atoms with Crippen LogP contribution in [0.15, 0.2) is 17.5 Å². The molecule has 0 aromatic carbocycles. The van der Waals surface area contributed by atoms with Gasteiger partial charge in [0, 0.05) is 17.5 Å². The Labute approximate surface area is 190 Å². The second-order valence-electron chi connectivity index (χ2n) is 8.63. The van der Waals surface area contributed by atoms with Gasteiger partial charge in [0.25, 0.3) is 11.8 Å². The summed E-state index contributed by atoms with van der Waals surface area (Å²) in [7, 11) is 0. The number of thiophene rings is 2. The van der Waals surface area contributed by atoms with Crippen LogP contribution in [0, 0.1) is 0 Å².